The SMILES string of the molecule is C=CCN1c2ccccc2C(c2ccccc2)=C(C(=O)Nc2ccccc2C(N)=O)S1(=O)=O. The van der Waals surface area contributed by atoms with Crippen LogP contribution < -0.4 is 15.4 Å². The van der Waals surface area contributed by atoms with Crippen LogP contribution in [0.25, 0.3) is 5.57 Å². The Bertz CT molecular complexity index is 1400. The molecule has 3 aromatic carbocycles. The van der Waals surface area contributed by atoms with Crippen LogP contribution in [0.1, 0.15) is 21.5 Å². The van der Waals surface area contributed by atoms with Crippen molar-refractivity contribution < 1.29 is 18.0 Å². The molecule has 2 amide bonds. The summed E-state index contributed by atoms with van der Waals surface area (Å²) in [5, 5.41) is 2.58. The lowest BCUT2D eigenvalue weighted by Gasteiger charge is -2.32. The zero-order valence-electron chi connectivity index (χ0n) is 17.6. The molecular weight excluding hydrogens is 438 g/mol. The van der Waals surface area contributed by atoms with Gasteiger partial charge >= 0.3 is 0 Å². The molecule has 0 unspecified atom stereocenters. The van der Waals surface area contributed by atoms with Crippen molar-refractivity contribution in [3.05, 3.63) is 113 Å². The van der Waals surface area contributed by atoms with Gasteiger partial charge in [0.2, 0.25) is 0 Å². The molecule has 4 rings (SSSR count). The number of carbonyl (C=O) groups is 2. The maximum atomic E-state index is 13.8. The third-order valence-corrected chi connectivity index (χ3v) is 7.05. The normalized spacial score (nSPS) is 14.4. The van der Waals surface area contributed by atoms with E-state index in [1.54, 1.807) is 66.7 Å². The number of nitrogens with zero attached hydrogens (tertiary/aromatic N) is 1. The first-order valence-corrected chi connectivity index (χ1v) is 11.5. The monoisotopic (exact) mass is 459 g/mol. The Morgan fingerprint density at radius 3 is 2.27 bits per heavy atom. The fourth-order valence-electron chi connectivity index (χ4n) is 3.82. The summed E-state index contributed by atoms with van der Waals surface area (Å²) in [6, 6.07) is 22.0. The zero-order chi connectivity index (χ0) is 23.6. The molecule has 8 heteroatoms. The van der Waals surface area contributed by atoms with Crippen LogP contribution in [0.5, 0.6) is 0 Å². The second kappa shape index (κ2) is 8.76. The molecule has 0 spiro atoms. The number of nitrogens with one attached hydrogen (secondary N) is 1. The topological polar surface area (TPSA) is 110 Å². The maximum Gasteiger partial charge on any atom is 0.270 e. The van der Waals surface area contributed by atoms with E-state index in [2.05, 4.69) is 11.9 Å². The van der Waals surface area contributed by atoms with Gasteiger partial charge in [0.1, 0.15) is 0 Å². The highest BCUT2D eigenvalue weighted by molar-refractivity contribution is 7.97. The number of fused-ring (bicyclic) bond motifs is 1. The van der Waals surface area contributed by atoms with Crippen molar-refractivity contribution in [3.8, 4) is 0 Å². The maximum absolute atomic E-state index is 13.8. The zero-order valence-corrected chi connectivity index (χ0v) is 18.4. The van der Waals surface area contributed by atoms with E-state index >= 15 is 0 Å². The average Bonchev–Trinajstić information content (AvgIpc) is 2.81. The van der Waals surface area contributed by atoms with Gasteiger partial charge < -0.3 is 11.1 Å². The molecule has 3 aromatic rings. The van der Waals surface area contributed by atoms with Crippen LogP contribution in [-0.2, 0) is 14.8 Å². The Labute approximate surface area is 191 Å². The van der Waals surface area contributed by atoms with Crippen molar-refractivity contribution in [2.45, 2.75) is 0 Å². The standard InChI is InChI=1S/C25H21N3O4S/c1-2-16-28-21-15-9-7-13-19(21)22(17-10-4-3-5-11-17)23(33(28,31)32)25(30)27-20-14-8-6-12-18(20)24(26)29/h2-15H,1,16H2,(H2,26,29)(H,27,30). The largest absolute Gasteiger partial charge is 0.366 e. The van der Waals surface area contributed by atoms with Gasteiger partial charge in [0.05, 0.1) is 23.5 Å². The number of sulfonamides is 1. The molecule has 0 aromatic heterocycles. The van der Waals surface area contributed by atoms with Crippen LogP contribution in [0.3, 0.4) is 0 Å². The fourth-order valence-corrected chi connectivity index (χ4v) is 5.53. The summed E-state index contributed by atoms with van der Waals surface area (Å²) in [5.74, 6) is -1.61. The van der Waals surface area contributed by atoms with Crippen LogP contribution >= 0.6 is 0 Å². The van der Waals surface area contributed by atoms with Gasteiger partial charge in [-0.25, -0.2) is 8.42 Å². The average molecular weight is 460 g/mol. The quantitative estimate of drug-likeness (QED) is 0.550. The Balaban J connectivity index is 1.99. The minimum Gasteiger partial charge on any atom is -0.366 e. The lowest BCUT2D eigenvalue weighted by Crippen LogP contribution is -2.40. The first-order valence-electron chi connectivity index (χ1n) is 10.1. The van der Waals surface area contributed by atoms with E-state index in [-0.39, 0.29) is 23.4 Å². The minimum absolute atomic E-state index is 0.0178. The third kappa shape index (κ3) is 3.92. The Kier molecular flexibility index (Phi) is 5.85. The summed E-state index contributed by atoms with van der Waals surface area (Å²) in [4.78, 5) is 24.9. The highest BCUT2D eigenvalue weighted by Crippen LogP contribution is 2.43. The minimum atomic E-state index is -4.28. The summed E-state index contributed by atoms with van der Waals surface area (Å²) in [5.41, 5.74) is 7.51. The van der Waals surface area contributed by atoms with Crippen LogP contribution in [0.15, 0.2) is 96.4 Å². The Morgan fingerprint density at radius 1 is 0.939 bits per heavy atom. The molecule has 0 saturated heterocycles. The molecule has 0 fully saturated rings. The third-order valence-electron chi connectivity index (χ3n) is 5.22. The Hall–Kier alpha value is -4.17. The van der Waals surface area contributed by atoms with E-state index in [0.717, 1.165) is 4.31 Å². The van der Waals surface area contributed by atoms with Crippen molar-refractivity contribution >= 4 is 38.8 Å². The van der Waals surface area contributed by atoms with Gasteiger partial charge in [-0.15, -0.1) is 6.58 Å². The predicted octanol–water partition coefficient (Wildman–Crippen LogP) is 3.52. The van der Waals surface area contributed by atoms with Gasteiger partial charge in [-0.3, -0.25) is 13.9 Å². The molecule has 1 aliphatic heterocycles. The van der Waals surface area contributed by atoms with Crippen molar-refractivity contribution in [2.75, 3.05) is 16.2 Å². The van der Waals surface area contributed by atoms with E-state index in [1.165, 1.54) is 18.2 Å². The molecular formula is C25H21N3O4S. The second-order valence-electron chi connectivity index (χ2n) is 7.28. The van der Waals surface area contributed by atoms with Crippen molar-refractivity contribution in [2.24, 2.45) is 5.73 Å². The number of para-hydroxylation sites is 2. The van der Waals surface area contributed by atoms with E-state index in [9.17, 15) is 18.0 Å². The van der Waals surface area contributed by atoms with Gasteiger partial charge in [0, 0.05) is 11.1 Å². The molecule has 0 saturated carbocycles. The van der Waals surface area contributed by atoms with Gasteiger partial charge in [0.25, 0.3) is 21.8 Å². The summed E-state index contributed by atoms with van der Waals surface area (Å²) < 4.78 is 28.7. The van der Waals surface area contributed by atoms with Crippen LogP contribution in [0, 0.1) is 0 Å². The smallest absolute Gasteiger partial charge is 0.270 e. The summed E-state index contributed by atoms with van der Waals surface area (Å²) in [6.07, 6.45) is 1.46. The van der Waals surface area contributed by atoms with Gasteiger partial charge in [0.15, 0.2) is 4.91 Å². The van der Waals surface area contributed by atoms with Crippen molar-refractivity contribution in [1.29, 1.82) is 0 Å². The number of anilines is 2. The highest BCUT2D eigenvalue weighted by atomic mass is 32.2. The number of nitrogens with two attached hydrogens (primary N) is 1. The van der Waals surface area contributed by atoms with Gasteiger partial charge in [-0.2, -0.15) is 0 Å². The number of rotatable bonds is 6. The summed E-state index contributed by atoms with van der Waals surface area (Å²) in [6.45, 7) is 3.65. The second-order valence-corrected chi connectivity index (χ2v) is 9.08. The van der Waals surface area contributed by atoms with E-state index < -0.39 is 26.7 Å². The number of amides is 2. The summed E-state index contributed by atoms with van der Waals surface area (Å²) in [7, 11) is -4.28. The predicted molar refractivity (Wildman–Crippen MR) is 129 cm³/mol. The van der Waals surface area contributed by atoms with Crippen molar-refractivity contribution in [1.82, 2.24) is 0 Å². The molecule has 1 aliphatic rings. The van der Waals surface area contributed by atoms with Crippen LogP contribution in [-0.4, -0.2) is 26.8 Å². The molecule has 1 heterocycles. The molecule has 0 aliphatic carbocycles. The molecule has 7 nitrogen and oxygen atoms in total. The number of primary amides is 1. The lowest BCUT2D eigenvalue weighted by atomic mass is 9.95. The first-order chi connectivity index (χ1) is 15.9. The van der Waals surface area contributed by atoms with Crippen molar-refractivity contribution in [3.63, 3.8) is 0 Å². The van der Waals surface area contributed by atoms with E-state index in [1.807, 2.05) is 0 Å². The number of carbonyl (C=O) groups excluding carboxylic acids is 2. The molecule has 0 radical (unpaired) electrons. The number of hydrogen-bond donors (Lipinski definition) is 2. The fraction of sp³-hybridized carbons (Fsp3) is 0.0400. The lowest BCUT2D eigenvalue weighted by molar-refractivity contribution is -0.112. The van der Waals surface area contributed by atoms with Crippen LogP contribution in [0.2, 0.25) is 0 Å². The summed E-state index contributed by atoms with van der Waals surface area (Å²) >= 11 is 0. The molecule has 0 bridgehead atoms. The molecule has 0 atom stereocenters. The molecule has 3 N–H and O–H groups in total. The van der Waals surface area contributed by atoms with Crippen LogP contribution in [0.4, 0.5) is 11.4 Å². The highest BCUT2D eigenvalue weighted by Gasteiger charge is 2.41. The van der Waals surface area contributed by atoms with Gasteiger partial charge in [-0.1, -0.05) is 66.7 Å². The first kappa shape index (κ1) is 22.0. The molecule has 166 valence electrons. The molecule has 33 heavy (non-hydrogen) atoms. The van der Waals surface area contributed by atoms with E-state index in [0.29, 0.717) is 16.8 Å². The van der Waals surface area contributed by atoms with Gasteiger partial charge in [-0.05, 0) is 23.8 Å². The Morgan fingerprint density at radius 2 is 1.58 bits per heavy atom. The number of hydrogen-bond acceptors (Lipinski definition) is 4. The van der Waals surface area contributed by atoms with E-state index in [4.69, 9.17) is 5.73 Å². The number of benzene rings is 3.